The van der Waals surface area contributed by atoms with Gasteiger partial charge in [-0.25, -0.2) is 9.97 Å². The van der Waals surface area contributed by atoms with Crippen molar-refractivity contribution in [3.8, 4) is 0 Å². The Morgan fingerprint density at radius 2 is 2.11 bits per heavy atom. The van der Waals surface area contributed by atoms with Crippen LogP contribution in [0.4, 0.5) is 5.82 Å². The van der Waals surface area contributed by atoms with Crippen LogP contribution in [0.5, 0.6) is 0 Å². The second-order valence-corrected chi connectivity index (χ2v) is 8.22. The van der Waals surface area contributed by atoms with E-state index in [1.807, 2.05) is 29.3 Å². The highest BCUT2D eigenvalue weighted by Gasteiger charge is 2.42. The van der Waals surface area contributed by atoms with E-state index in [9.17, 15) is 4.79 Å². The van der Waals surface area contributed by atoms with E-state index in [-0.39, 0.29) is 11.3 Å². The summed E-state index contributed by atoms with van der Waals surface area (Å²) in [6.45, 7) is 5.61. The van der Waals surface area contributed by atoms with Gasteiger partial charge in [-0.1, -0.05) is 19.4 Å². The molecule has 1 amide bonds. The largest absolute Gasteiger partial charge is 0.356 e. The highest BCUT2D eigenvalue weighted by molar-refractivity contribution is 5.77. The van der Waals surface area contributed by atoms with E-state index >= 15 is 0 Å². The second-order valence-electron chi connectivity index (χ2n) is 8.22. The van der Waals surface area contributed by atoms with Crippen LogP contribution in [-0.2, 0) is 17.8 Å². The number of rotatable bonds is 5. The summed E-state index contributed by atoms with van der Waals surface area (Å²) in [7, 11) is 0. The number of carbonyl (C=O) groups excluding carboxylic acids is 1. The summed E-state index contributed by atoms with van der Waals surface area (Å²) in [5.41, 5.74) is 2.34. The third kappa shape index (κ3) is 4.01. The summed E-state index contributed by atoms with van der Waals surface area (Å²) in [5, 5.41) is 0. The fourth-order valence-corrected chi connectivity index (χ4v) is 4.74. The van der Waals surface area contributed by atoms with Crippen molar-refractivity contribution in [2.75, 3.05) is 24.5 Å². The zero-order valence-electron chi connectivity index (χ0n) is 16.7. The van der Waals surface area contributed by atoms with E-state index in [1.165, 1.54) is 12.0 Å². The molecule has 0 radical (unpaired) electrons. The van der Waals surface area contributed by atoms with E-state index in [0.717, 1.165) is 56.8 Å². The van der Waals surface area contributed by atoms with Gasteiger partial charge in [0.05, 0.1) is 12.2 Å². The normalized spacial score (nSPS) is 22.7. The SMILES string of the molecule is CCCc1cncnc1N1CCC[C@@]2(CCC(=O)N(Cc3ccccn3)C2)C1. The Labute approximate surface area is 167 Å². The lowest BCUT2D eigenvalue weighted by atomic mass is 9.73. The Morgan fingerprint density at radius 1 is 1.18 bits per heavy atom. The van der Waals surface area contributed by atoms with Crippen molar-refractivity contribution in [2.45, 2.75) is 52.0 Å². The Hall–Kier alpha value is -2.50. The van der Waals surface area contributed by atoms with Crippen molar-refractivity contribution in [2.24, 2.45) is 5.41 Å². The predicted octanol–water partition coefficient (Wildman–Crippen LogP) is 3.23. The minimum atomic E-state index is 0.148. The molecule has 2 aromatic rings. The number of piperidine rings is 2. The molecule has 6 heteroatoms. The predicted molar refractivity (Wildman–Crippen MR) is 109 cm³/mol. The van der Waals surface area contributed by atoms with Gasteiger partial charge in [-0.05, 0) is 37.8 Å². The summed E-state index contributed by atoms with van der Waals surface area (Å²) in [4.78, 5) is 30.3. The third-order valence-corrected chi connectivity index (χ3v) is 6.07. The first kappa shape index (κ1) is 18.8. The first-order valence-electron chi connectivity index (χ1n) is 10.4. The number of aromatic nitrogens is 3. The fraction of sp³-hybridized carbons (Fsp3) is 0.545. The molecule has 4 rings (SSSR count). The summed E-state index contributed by atoms with van der Waals surface area (Å²) in [5.74, 6) is 1.34. The molecular formula is C22H29N5O. The van der Waals surface area contributed by atoms with Crippen LogP contribution < -0.4 is 4.90 Å². The number of anilines is 1. The fourth-order valence-electron chi connectivity index (χ4n) is 4.74. The summed E-state index contributed by atoms with van der Waals surface area (Å²) < 4.78 is 0. The molecule has 0 bridgehead atoms. The Balaban J connectivity index is 1.52. The highest BCUT2D eigenvalue weighted by Crippen LogP contribution is 2.40. The van der Waals surface area contributed by atoms with E-state index in [0.29, 0.717) is 13.0 Å². The van der Waals surface area contributed by atoms with Crippen molar-refractivity contribution >= 4 is 11.7 Å². The van der Waals surface area contributed by atoms with Crippen LogP contribution in [0.1, 0.15) is 50.3 Å². The highest BCUT2D eigenvalue weighted by atomic mass is 16.2. The molecule has 28 heavy (non-hydrogen) atoms. The zero-order chi connectivity index (χ0) is 19.4. The van der Waals surface area contributed by atoms with Gasteiger partial charge >= 0.3 is 0 Å². The number of pyridine rings is 1. The summed E-state index contributed by atoms with van der Waals surface area (Å²) >= 11 is 0. The number of likely N-dealkylation sites (tertiary alicyclic amines) is 1. The maximum atomic E-state index is 12.6. The van der Waals surface area contributed by atoms with Crippen LogP contribution in [0.2, 0.25) is 0 Å². The van der Waals surface area contributed by atoms with Crippen LogP contribution in [0.25, 0.3) is 0 Å². The van der Waals surface area contributed by atoms with Crippen LogP contribution in [0.15, 0.2) is 36.9 Å². The Morgan fingerprint density at radius 3 is 2.93 bits per heavy atom. The maximum Gasteiger partial charge on any atom is 0.222 e. The van der Waals surface area contributed by atoms with Gasteiger partial charge in [0.25, 0.3) is 0 Å². The van der Waals surface area contributed by atoms with Crippen LogP contribution in [-0.4, -0.2) is 45.4 Å². The van der Waals surface area contributed by atoms with E-state index in [1.54, 1.807) is 12.5 Å². The molecule has 6 nitrogen and oxygen atoms in total. The molecule has 1 atom stereocenters. The standard InChI is InChI=1S/C22H29N5O/c1-2-6-18-13-23-17-25-21(18)26-12-5-9-22(15-26)10-8-20(28)27(16-22)14-19-7-3-4-11-24-19/h3-4,7,11,13,17H,2,5-6,8-10,12,14-16H2,1H3/t22-/m1/s1. The summed E-state index contributed by atoms with van der Waals surface area (Å²) in [6.07, 6.45) is 11.4. The van der Waals surface area contributed by atoms with Crippen molar-refractivity contribution in [3.05, 3.63) is 48.2 Å². The minimum absolute atomic E-state index is 0.148. The van der Waals surface area contributed by atoms with Gasteiger partial charge in [0, 0.05) is 49.4 Å². The molecule has 2 saturated heterocycles. The van der Waals surface area contributed by atoms with E-state index < -0.39 is 0 Å². The van der Waals surface area contributed by atoms with Crippen molar-refractivity contribution in [1.82, 2.24) is 19.9 Å². The van der Waals surface area contributed by atoms with Crippen LogP contribution in [0.3, 0.4) is 0 Å². The average Bonchev–Trinajstić information content (AvgIpc) is 2.73. The molecule has 0 aromatic carbocycles. The topological polar surface area (TPSA) is 62.2 Å². The van der Waals surface area contributed by atoms with Gasteiger partial charge in [0.1, 0.15) is 12.1 Å². The average molecular weight is 380 g/mol. The number of hydrogen-bond donors (Lipinski definition) is 0. The number of carbonyl (C=O) groups is 1. The molecule has 2 fully saturated rings. The lowest BCUT2D eigenvalue weighted by molar-refractivity contribution is -0.138. The number of nitrogens with zero attached hydrogens (tertiary/aromatic N) is 5. The second kappa shape index (κ2) is 8.25. The van der Waals surface area contributed by atoms with Crippen molar-refractivity contribution < 1.29 is 4.79 Å². The van der Waals surface area contributed by atoms with Crippen LogP contribution >= 0.6 is 0 Å². The molecule has 4 heterocycles. The molecule has 2 aliphatic rings. The number of amides is 1. The van der Waals surface area contributed by atoms with Gasteiger partial charge < -0.3 is 9.80 Å². The molecular weight excluding hydrogens is 350 g/mol. The molecule has 0 aliphatic carbocycles. The lowest BCUT2D eigenvalue weighted by Crippen LogP contribution is -2.54. The molecule has 0 N–H and O–H groups in total. The first-order valence-corrected chi connectivity index (χ1v) is 10.4. The van der Waals surface area contributed by atoms with Gasteiger partial charge in [-0.3, -0.25) is 9.78 Å². The quantitative estimate of drug-likeness (QED) is 0.798. The van der Waals surface area contributed by atoms with Crippen LogP contribution in [0, 0.1) is 5.41 Å². The number of hydrogen-bond acceptors (Lipinski definition) is 5. The monoisotopic (exact) mass is 379 g/mol. The number of aryl methyl sites for hydroxylation is 1. The smallest absolute Gasteiger partial charge is 0.222 e. The van der Waals surface area contributed by atoms with E-state index in [4.69, 9.17) is 0 Å². The summed E-state index contributed by atoms with van der Waals surface area (Å²) in [6, 6.07) is 5.90. The first-order chi connectivity index (χ1) is 13.7. The minimum Gasteiger partial charge on any atom is -0.356 e. The third-order valence-electron chi connectivity index (χ3n) is 6.07. The van der Waals surface area contributed by atoms with E-state index in [2.05, 4.69) is 26.8 Å². The molecule has 148 valence electrons. The van der Waals surface area contributed by atoms with Gasteiger partial charge in [0.2, 0.25) is 5.91 Å². The zero-order valence-corrected chi connectivity index (χ0v) is 16.7. The molecule has 2 aliphatic heterocycles. The van der Waals surface area contributed by atoms with Gasteiger partial charge in [-0.15, -0.1) is 0 Å². The molecule has 0 unspecified atom stereocenters. The Bertz CT molecular complexity index is 812. The van der Waals surface area contributed by atoms with Gasteiger partial charge in [-0.2, -0.15) is 0 Å². The molecule has 1 spiro atoms. The van der Waals surface area contributed by atoms with Gasteiger partial charge in [0.15, 0.2) is 0 Å². The molecule has 0 saturated carbocycles. The van der Waals surface area contributed by atoms with Crippen molar-refractivity contribution in [3.63, 3.8) is 0 Å². The maximum absolute atomic E-state index is 12.6. The van der Waals surface area contributed by atoms with Crippen molar-refractivity contribution in [1.29, 1.82) is 0 Å². The lowest BCUT2D eigenvalue weighted by Gasteiger charge is -2.48. The Kier molecular flexibility index (Phi) is 5.55. The molecule has 2 aromatic heterocycles.